The first-order chi connectivity index (χ1) is 25.4. The number of aryl methyl sites for hydroxylation is 6. The van der Waals surface area contributed by atoms with Gasteiger partial charge in [-0.05, 0) is 75.4 Å². The molecular formula is C41H34BF10OP. The Morgan fingerprint density at radius 2 is 0.889 bits per heavy atom. The highest BCUT2D eigenvalue weighted by molar-refractivity contribution is 7.90. The van der Waals surface area contributed by atoms with E-state index in [0.29, 0.717) is 5.56 Å². The Balaban J connectivity index is 1.82. The third kappa shape index (κ3) is 6.06. The molecule has 13 heteroatoms. The lowest BCUT2D eigenvalue weighted by Crippen LogP contribution is -2.70. The maximum Gasteiger partial charge on any atom is 0.200 e. The van der Waals surface area contributed by atoms with Gasteiger partial charge in [0, 0.05) is 6.16 Å². The predicted octanol–water partition coefficient (Wildman–Crippen LogP) is 9.73. The highest BCUT2D eigenvalue weighted by Gasteiger charge is 2.60. The van der Waals surface area contributed by atoms with Gasteiger partial charge in [-0.1, -0.05) is 82.7 Å². The Hall–Kier alpha value is -4.41. The van der Waals surface area contributed by atoms with Gasteiger partial charge in [-0.25, -0.2) is 43.9 Å². The van der Waals surface area contributed by atoms with Gasteiger partial charge >= 0.3 is 0 Å². The second kappa shape index (κ2) is 14.3. The molecule has 0 radical (unpaired) electrons. The summed E-state index contributed by atoms with van der Waals surface area (Å²) in [6, 6.07) is 16.2. The zero-order valence-electron chi connectivity index (χ0n) is 30.1. The summed E-state index contributed by atoms with van der Waals surface area (Å²) in [4.78, 5) is 0. The molecule has 1 nitrogen and oxygen atoms in total. The smallest absolute Gasteiger partial charge is 0.200 e. The van der Waals surface area contributed by atoms with E-state index in [1.165, 1.54) is 6.08 Å². The molecule has 5 aromatic carbocycles. The molecule has 1 heterocycles. The van der Waals surface area contributed by atoms with Crippen LogP contribution in [0.2, 0.25) is 6.32 Å². The third-order valence-electron chi connectivity index (χ3n) is 10.4. The molecule has 54 heavy (non-hydrogen) atoms. The fourth-order valence-corrected chi connectivity index (χ4v) is 14.5. The molecule has 5 aromatic rings. The van der Waals surface area contributed by atoms with Gasteiger partial charge in [0.05, 0.1) is 0 Å². The maximum absolute atomic E-state index is 16.1. The van der Waals surface area contributed by atoms with Crippen molar-refractivity contribution in [3.63, 3.8) is 0 Å². The standard InChI is InChI=1S/C41H34BF10OP/c1-20-16-22(3)40(23(4)17-20)54(41-24(5)18-21(2)19-25(41)6)15-14-42(28-30(43)34(47)38(51)35(48)31(28)44,29-32(45)36(49)39(52)37(50)33(29)46)53-27(54)13-12-26-10-8-7-9-11-26/h7-13,16-19,27H,14-15H2,1-6H3/b13-12+. The Labute approximate surface area is 307 Å². The summed E-state index contributed by atoms with van der Waals surface area (Å²) < 4.78 is 161. The van der Waals surface area contributed by atoms with Crippen LogP contribution in [0.5, 0.6) is 0 Å². The summed E-state index contributed by atoms with van der Waals surface area (Å²) >= 11 is 0. The van der Waals surface area contributed by atoms with Gasteiger partial charge in [0.25, 0.3) is 0 Å². The molecule has 1 atom stereocenters. The largest absolute Gasteiger partial charge is 0.547 e. The van der Waals surface area contributed by atoms with Crippen molar-refractivity contribution in [1.29, 1.82) is 0 Å². The molecule has 0 spiro atoms. The van der Waals surface area contributed by atoms with Crippen LogP contribution in [-0.4, -0.2) is 18.4 Å². The molecule has 1 aliphatic heterocycles. The van der Waals surface area contributed by atoms with Gasteiger partial charge in [-0.2, -0.15) is 0 Å². The molecule has 1 unspecified atom stereocenters. The number of hydrogen-bond acceptors (Lipinski definition) is 1. The first-order valence-electron chi connectivity index (χ1n) is 17.0. The highest BCUT2D eigenvalue weighted by atomic mass is 31.2. The minimum absolute atomic E-state index is 0.273. The number of benzene rings is 5. The molecule has 282 valence electrons. The lowest BCUT2D eigenvalue weighted by molar-refractivity contribution is 0.309. The Morgan fingerprint density at radius 3 is 1.26 bits per heavy atom. The van der Waals surface area contributed by atoms with E-state index >= 15 is 35.1 Å². The fourth-order valence-electron chi connectivity index (χ4n) is 8.70. The molecule has 1 fully saturated rings. The zero-order chi connectivity index (χ0) is 39.6. The van der Waals surface area contributed by atoms with Crippen molar-refractivity contribution >= 4 is 41.2 Å². The molecule has 0 bridgehead atoms. The van der Waals surface area contributed by atoms with Crippen molar-refractivity contribution in [3.05, 3.63) is 158 Å². The normalized spacial score (nSPS) is 16.7. The number of rotatable bonds is 6. The second-order valence-electron chi connectivity index (χ2n) is 14.1. The van der Waals surface area contributed by atoms with Crippen molar-refractivity contribution in [1.82, 2.24) is 0 Å². The van der Waals surface area contributed by atoms with Gasteiger partial charge in [0.1, 0.15) is 41.1 Å². The summed E-state index contributed by atoms with van der Waals surface area (Å²) in [6.07, 6.45) is -2.61. The fraction of sp³-hybridized carbons (Fsp3) is 0.220. The lowest BCUT2D eigenvalue weighted by Gasteiger charge is -2.53. The summed E-state index contributed by atoms with van der Waals surface area (Å²) in [5, 5.41) is 1.48. The van der Waals surface area contributed by atoms with E-state index in [2.05, 4.69) is 0 Å². The number of hydrogen-bond donors (Lipinski definition) is 0. The van der Waals surface area contributed by atoms with Crippen LogP contribution in [0.4, 0.5) is 43.9 Å². The van der Waals surface area contributed by atoms with Crippen LogP contribution in [0.3, 0.4) is 0 Å². The average Bonchev–Trinajstić information content (AvgIpc) is 3.11. The first-order valence-corrected chi connectivity index (χ1v) is 19.1. The highest BCUT2D eigenvalue weighted by Crippen LogP contribution is 2.67. The van der Waals surface area contributed by atoms with Crippen LogP contribution < -0.4 is 21.5 Å². The van der Waals surface area contributed by atoms with Gasteiger partial charge in [0.2, 0.25) is 0 Å². The van der Waals surface area contributed by atoms with Gasteiger partial charge in [0.15, 0.2) is 47.1 Å². The maximum atomic E-state index is 16.1. The van der Waals surface area contributed by atoms with Crippen molar-refractivity contribution in [3.8, 4) is 0 Å². The van der Waals surface area contributed by atoms with Crippen LogP contribution >= 0.6 is 7.26 Å². The predicted molar refractivity (Wildman–Crippen MR) is 195 cm³/mol. The van der Waals surface area contributed by atoms with Crippen LogP contribution in [0.25, 0.3) is 6.08 Å². The van der Waals surface area contributed by atoms with E-state index in [1.807, 2.05) is 65.8 Å². The van der Waals surface area contributed by atoms with E-state index < -0.39 is 94.9 Å². The van der Waals surface area contributed by atoms with Gasteiger partial charge in [-0.3, -0.25) is 0 Å². The molecule has 0 amide bonds. The van der Waals surface area contributed by atoms with Crippen molar-refractivity contribution in [2.45, 2.75) is 53.7 Å². The number of halogens is 10. The van der Waals surface area contributed by atoms with E-state index in [4.69, 9.17) is 4.65 Å². The Bertz CT molecular complexity index is 2130. The lowest BCUT2D eigenvalue weighted by atomic mass is 9.29. The van der Waals surface area contributed by atoms with Crippen LogP contribution in [-0.2, 0) is 4.65 Å². The Morgan fingerprint density at radius 1 is 0.537 bits per heavy atom. The monoisotopic (exact) mass is 774 g/mol. The second-order valence-corrected chi connectivity index (χ2v) is 17.7. The summed E-state index contributed by atoms with van der Waals surface area (Å²) in [7, 11) is -3.29. The van der Waals surface area contributed by atoms with E-state index in [1.54, 1.807) is 36.4 Å². The van der Waals surface area contributed by atoms with E-state index in [0.717, 1.165) is 44.0 Å². The Kier molecular flexibility index (Phi) is 10.4. The topological polar surface area (TPSA) is 9.23 Å². The average molecular weight is 774 g/mol. The quantitative estimate of drug-likeness (QED) is 0.0549. The summed E-state index contributed by atoms with van der Waals surface area (Å²) in [5.74, 6) is -26.6. The minimum Gasteiger partial charge on any atom is -0.547 e. The molecule has 1 saturated heterocycles. The molecule has 0 aromatic heterocycles. The van der Waals surface area contributed by atoms with Gasteiger partial charge in [-0.15, -0.1) is 6.32 Å². The van der Waals surface area contributed by atoms with E-state index in [-0.39, 0.29) is 6.16 Å². The molecule has 6 rings (SSSR count). The van der Waals surface area contributed by atoms with Crippen LogP contribution in [0.15, 0.2) is 60.7 Å². The minimum atomic E-state index is -4.48. The molecule has 1 aliphatic rings. The van der Waals surface area contributed by atoms with Crippen molar-refractivity contribution in [2.24, 2.45) is 0 Å². The summed E-state index contributed by atoms with van der Waals surface area (Å²) in [5.41, 5.74) is 1.75. The SMILES string of the molecule is Cc1cc(C)c([P+]2(c3c(C)cc(C)cc3C)CC[B-](c3c(F)c(F)c(F)c(F)c3F)(c3c(F)c(F)c(F)c(F)c3F)OC2/C=C/c2ccccc2)c(C)c1. The summed E-state index contributed by atoms with van der Waals surface area (Å²) in [6.45, 7) is 11.1. The van der Waals surface area contributed by atoms with Gasteiger partial charge < -0.3 is 4.65 Å². The van der Waals surface area contributed by atoms with Crippen molar-refractivity contribution in [2.75, 3.05) is 6.16 Å². The molecule has 0 saturated carbocycles. The molecular weight excluding hydrogens is 740 g/mol. The third-order valence-corrected chi connectivity index (χ3v) is 15.6. The first kappa shape index (κ1) is 39.3. The van der Waals surface area contributed by atoms with Crippen molar-refractivity contribution < 1.29 is 48.6 Å². The van der Waals surface area contributed by atoms with Crippen LogP contribution in [0, 0.1) is 99.7 Å². The van der Waals surface area contributed by atoms with Crippen LogP contribution in [0.1, 0.15) is 38.9 Å². The molecule has 0 aliphatic carbocycles. The zero-order valence-corrected chi connectivity index (χ0v) is 30.9. The van der Waals surface area contributed by atoms with E-state index in [9.17, 15) is 8.78 Å². The molecule has 0 N–H and O–H groups in total.